The Labute approximate surface area is 180 Å². The lowest BCUT2D eigenvalue weighted by atomic mass is 9.90. The van der Waals surface area contributed by atoms with Crippen LogP contribution in [0, 0.1) is 5.92 Å². The molecule has 3 rings (SSSR count). The van der Waals surface area contributed by atoms with Gasteiger partial charge in [0.2, 0.25) is 6.79 Å². The second-order valence-electron chi connectivity index (χ2n) is 6.67. The summed E-state index contributed by atoms with van der Waals surface area (Å²) in [6.45, 7) is 0.145. The second-order valence-corrected chi connectivity index (χ2v) is 6.67. The van der Waals surface area contributed by atoms with Gasteiger partial charge in [-0.15, -0.1) is 0 Å². The van der Waals surface area contributed by atoms with Crippen LogP contribution in [0.3, 0.4) is 0 Å². The minimum atomic E-state index is -0.897. The largest absolute Gasteiger partial charge is 0.493 e. The van der Waals surface area contributed by atoms with E-state index in [9.17, 15) is 9.59 Å². The molecule has 1 atom stereocenters. The van der Waals surface area contributed by atoms with Crippen molar-refractivity contribution in [2.24, 2.45) is 5.92 Å². The lowest BCUT2D eigenvalue weighted by Crippen LogP contribution is -2.26. The molecular formula is C23H24O8. The highest BCUT2D eigenvalue weighted by Gasteiger charge is 2.30. The number of methoxy groups -OCH3 is 4. The Kier molecular flexibility index (Phi) is 7.02. The maximum Gasteiger partial charge on any atom is 0.334 e. The van der Waals surface area contributed by atoms with Crippen molar-refractivity contribution >= 4 is 18.0 Å². The third kappa shape index (κ3) is 4.91. The minimum absolute atomic E-state index is 0.145. The third-order valence-electron chi connectivity index (χ3n) is 4.89. The molecule has 0 aromatic heterocycles. The Hall–Kier alpha value is -3.68. The van der Waals surface area contributed by atoms with Gasteiger partial charge in [0, 0.05) is 0 Å². The van der Waals surface area contributed by atoms with Crippen molar-refractivity contribution in [3.63, 3.8) is 0 Å². The average Bonchev–Trinajstić information content (AvgIpc) is 3.28. The molecule has 2 aromatic carbocycles. The highest BCUT2D eigenvalue weighted by atomic mass is 16.7. The zero-order valence-corrected chi connectivity index (χ0v) is 17.8. The molecule has 0 bridgehead atoms. The number of carbonyl (C=O) groups excluding carboxylic acids is 2. The Morgan fingerprint density at radius 3 is 2.35 bits per heavy atom. The standard InChI is InChI=1S/C23H24O8/c1-26-18-7-5-14(11-20(18)27-2)9-16(22(24)28-3)17(23(25)29-4)10-15-6-8-19-21(12-15)31-13-30-19/h5-9,11-12,17H,10,13H2,1-4H3/b16-9+/t17-/m1/s1. The maximum absolute atomic E-state index is 12.7. The Bertz CT molecular complexity index is 995. The Balaban J connectivity index is 2.01. The van der Waals surface area contributed by atoms with Crippen molar-refractivity contribution in [2.45, 2.75) is 6.42 Å². The van der Waals surface area contributed by atoms with E-state index < -0.39 is 17.9 Å². The van der Waals surface area contributed by atoms with E-state index >= 15 is 0 Å². The minimum Gasteiger partial charge on any atom is -0.493 e. The van der Waals surface area contributed by atoms with Crippen LogP contribution in [0.15, 0.2) is 42.0 Å². The molecule has 0 aliphatic carbocycles. The van der Waals surface area contributed by atoms with Crippen LogP contribution in [0.4, 0.5) is 0 Å². The quantitative estimate of drug-likeness (QED) is 0.468. The summed E-state index contributed by atoms with van der Waals surface area (Å²) >= 11 is 0. The molecule has 2 aromatic rings. The summed E-state index contributed by atoms with van der Waals surface area (Å²) in [7, 11) is 5.59. The van der Waals surface area contributed by atoms with Crippen LogP contribution in [-0.2, 0) is 25.5 Å². The highest BCUT2D eigenvalue weighted by Crippen LogP contribution is 2.34. The van der Waals surface area contributed by atoms with Gasteiger partial charge in [-0.05, 0) is 47.9 Å². The predicted molar refractivity (Wildman–Crippen MR) is 111 cm³/mol. The summed E-state index contributed by atoms with van der Waals surface area (Å²) in [5, 5.41) is 0. The number of ether oxygens (including phenoxy) is 6. The molecule has 1 aliphatic heterocycles. The lowest BCUT2D eigenvalue weighted by molar-refractivity contribution is -0.147. The molecule has 1 heterocycles. The third-order valence-corrected chi connectivity index (χ3v) is 4.89. The first kappa shape index (κ1) is 22.0. The van der Waals surface area contributed by atoms with Crippen molar-refractivity contribution in [3.8, 4) is 23.0 Å². The van der Waals surface area contributed by atoms with E-state index in [1.807, 2.05) is 6.07 Å². The van der Waals surface area contributed by atoms with E-state index in [1.165, 1.54) is 28.4 Å². The van der Waals surface area contributed by atoms with Crippen molar-refractivity contribution in [3.05, 3.63) is 53.1 Å². The van der Waals surface area contributed by atoms with E-state index in [0.717, 1.165) is 5.56 Å². The van der Waals surface area contributed by atoms with Crippen molar-refractivity contribution in [2.75, 3.05) is 35.2 Å². The average molecular weight is 428 g/mol. The van der Waals surface area contributed by atoms with Crippen LogP contribution < -0.4 is 18.9 Å². The van der Waals surface area contributed by atoms with Gasteiger partial charge in [0.05, 0.1) is 39.9 Å². The maximum atomic E-state index is 12.7. The van der Waals surface area contributed by atoms with Gasteiger partial charge < -0.3 is 28.4 Å². The summed E-state index contributed by atoms with van der Waals surface area (Å²) in [4.78, 5) is 25.3. The summed E-state index contributed by atoms with van der Waals surface area (Å²) in [6.07, 6.45) is 1.79. The molecular weight excluding hydrogens is 404 g/mol. The molecule has 8 nitrogen and oxygen atoms in total. The van der Waals surface area contributed by atoms with Crippen LogP contribution in [-0.4, -0.2) is 47.2 Å². The van der Waals surface area contributed by atoms with Crippen LogP contribution in [0.1, 0.15) is 11.1 Å². The highest BCUT2D eigenvalue weighted by molar-refractivity contribution is 6.00. The number of hydrogen-bond donors (Lipinski definition) is 0. The zero-order valence-electron chi connectivity index (χ0n) is 17.8. The van der Waals surface area contributed by atoms with Crippen molar-refractivity contribution in [1.82, 2.24) is 0 Å². The van der Waals surface area contributed by atoms with Gasteiger partial charge in [-0.2, -0.15) is 0 Å². The molecule has 0 fully saturated rings. The van der Waals surface area contributed by atoms with Crippen LogP contribution in [0.5, 0.6) is 23.0 Å². The fourth-order valence-electron chi connectivity index (χ4n) is 3.31. The molecule has 1 aliphatic rings. The van der Waals surface area contributed by atoms with Crippen molar-refractivity contribution < 1.29 is 38.0 Å². The fraction of sp³-hybridized carbons (Fsp3) is 0.304. The van der Waals surface area contributed by atoms with Gasteiger partial charge in [0.1, 0.15) is 0 Å². The summed E-state index contributed by atoms with van der Waals surface area (Å²) in [5.41, 5.74) is 1.57. The molecule has 0 saturated carbocycles. The van der Waals surface area contributed by atoms with Gasteiger partial charge in [0.25, 0.3) is 0 Å². The van der Waals surface area contributed by atoms with E-state index in [-0.39, 0.29) is 18.8 Å². The molecule has 0 unspecified atom stereocenters. The molecule has 0 saturated heterocycles. The zero-order chi connectivity index (χ0) is 22.4. The first-order chi connectivity index (χ1) is 15.0. The Morgan fingerprint density at radius 2 is 1.68 bits per heavy atom. The number of esters is 2. The van der Waals surface area contributed by atoms with E-state index in [2.05, 4.69) is 0 Å². The molecule has 8 heteroatoms. The molecule has 164 valence electrons. The molecule has 0 spiro atoms. The summed E-state index contributed by atoms with van der Waals surface area (Å²) in [5.74, 6) is 0.165. The lowest BCUT2D eigenvalue weighted by Gasteiger charge is -2.18. The van der Waals surface area contributed by atoms with Crippen LogP contribution >= 0.6 is 0 Å². The molecule has 0 amide bonds. The second kappa shape index (κ2) is 9.88. The number of carbonyl (C=O) groups is 2. The van der Waals surface area contributed by atoms with E-state index in [4.69, 9.17) is 28.4 Å². The number of benzene rings is 2. The summed E-state index contributed by atoms with van der Waals surface area (Å²) < 4.78 is 31.3. The summed E-state index contributed by atoms with van der Waals surface area (Å²) in [6, 6.07) is 10.5. The fourth-order valence-corrected chi connectivity index (χ4v) is 3.31. The molecule has 0 radical (unpaired) electrons. The van der Waals surface area contributed by atoms with Crippen LogP contribution in [0.2, 0.25) is 0 Å². The Morgan fingerprint density at radius 1 is 0.935 bits per heavy atom. The molecule has 31 heavy (non-hydrogen) atoms. The SMILES string of the molecule is COC(=O)/C(=C/c1ccc(OC)c(OC)c1)[C@@H](Cc1ccc2c(c1)OCO2)C(=O)OC. The number of hydrogen-bond acceptors (Lipinski definition) is 8. The van der Waals surface area contributed by atoms with Crippen LogP contribution in [0.25, 0.3) is 6.08 Å². The first-order valence-electron chi connectivity index (χ1n) is 9.49. The first-order valence-corrected chi connectivity index (χ1v) is 9.49. The van der Waals surface area contributed by atoms with E-state index in [1.54, 1.807) is 36.4 Å². The molecule has 0 N–H and O–H groups in total. The van der Waals surface area contributed by atoms with Crippen molar-refractivity contribution in [1.29, 1.82) is 0 Å². The van der Waals surface area contributed by atoms with Gasteiger partial charge >= 0.3 is 11.9 Å². The topological polar surface area (TPSA) is 89.5 Å². The van der Waals surface area contributed by atoms with Gasteiger partial charge in [-0.25, -0.2) is 4.79 Å². The number of rotatable bonds is 8. The van der Waals surface area contributed by atoms with Gasteiger partial charge in [0.15, 0.2) is 23.0 Å². The van der Waals surface area contributed by atoms with Gasteiger partial charge in [-0.3, -0.25) is 4.79 Å². The van der Waals surface area contributed by atoms with E-state index in [0.29, 0.717) is 28.6 Å². The van der Waals surface area contributed by atoms with Gasteiger partial charge in [-0.1, -0.05) is 12.1 Å². The number of fused-ring (bicyclic) bond motifs is 1. The predicted octanol–water partition coefficient (Wildman–Crippen LogP) is 3.02. The normalized spacial score (nSPS) is 13.4. The smallest absolute Gasteiger partial charge is 0.334 e. The monoisotopic (exact) mass is 428 g/mol.